The molecule has 0 radical (unpaired) electrons. The summed E-state index contributed by atoms with van der Waals surface area (Å²) in [6, 6.07) is 0.687. The monoisotopic (exact) mass is 212 g/mol. The second kappa shape index (κ2) is 5.31. The Bertz CT molecular complexity index is 181. The topological polar surface area (TPSA) is 15.3 Å². The smallest absolute Gasteiger partial charge is 0.0197 e. The van der Waals surface area contributed by atoms with E-state index < -0.39 is 0 Å². The summed E-state index contributed by atoms with van der Waals surface area (Å²) in [7, 11) is 0. The first-order valence-corrected chi connectivity index (χ1v) is 6.38. The zero-order chi connectivity index (χ0) is 11.5. The van der Waals surface area contributed by atoms with Gasteiger partial charge in [-0.15, -0.1) is 0 Å². The van der Waals surface area contributed by atoms with Gasteiger partial charge in [-0.1, -0.05) is 13.8 Å². The zero-order valence-electron chi connectivity index (χ0n) is 11.1. The van der Waals surface area contributed by atoms with Crippen LogP contribution in [0.5, 0.6) is 0 Å². The van der Waals surface area contributed by atoms with Crippen LogP contribution in [0, 0.1) is 5.92 Å². The zero-order valence-corrected chi connectivity index (χ0v) is 11.1. The van der Waals surface area contributed by atoms with Crippen molar-refractivity contribution in [3.05, 3.63) is 0 Å². The Balaban J connectivity index is 2.53. The molecule has 0 aromatic carbocycles. The summed E-state index contributed by atoms with van der Waals surface area (Å²) in [5.74, 6) is 0.794. The minimum absolute atomic E-state index is 0.321. The highest BCUT2D eigenvalue weighted by molar-refractivity contribution is 4.84. The summed E-state index contributed by atoms with van der Waals surface area (Å²) in [6.07, 6.45) is 2.58. The molecule has 0 saturated carbocycles. The molecule has 1 saturated heterocycles. The summed E-state index contributed by atoms with van der Waals surface area (Å²) < 4.78 is 0. The molecule has 1 unspecified atom stereocenters. The fourth-order valence-electron chi connectivity index (χ4n) is 2.33. The first-order chi connectivity index (χ1) is 6.89. The van der Waals surface area contributed by atoms with Crippen molar-refractivity contribution in [3.8, 4) is 0 Å². The van der Waals surface area contributed by atoms with Crippen molar-refractivity contribution in [2.24, 2.45) is 5.92 Å². The Morgan fingerprint density at radius 3 is 2.53 bits per heavy atom. The first-order valence-electron chi connectivity index (χ1n) is 6.38. The molecule has 1 atom stereocenters. The molecular weight excluding hydrogens is 184 g/mol. The van der Waals surface area contributed by atoms with Gasteiger partial charge in [0.2, 0.25) is 0 Å². The van der Waals surface area contributed by atoms with E-state index in [2.05, 4.69) is 44.8 Å². The van der Waals surface area contributed by atoms with Crippen molar-refractivity contribution < 1.29 is 0 Å². The van der Waals surface area contributed by atoms with Crippen LogP contribution < -0.4 is 5.32 Å². The third-order valence-corrected chi connectivity index (χ3v) is 3.18. The number of nitrogens with one attached hydrogen (secondary N) is 1. The van der Waals surface area contributed by atoms with E-state index in [9.17, 15) is 0 Å². The van der Waals surface area contributed by atoms with E-state index in [1.165, 1.54) is 32.5 Å². The van der Waals surface area contributed by atoms with Crippen LogP contribution >= 0.6 is 0 Å². The second-order valence-corrected chi connectivity index (χ2v) is 6.25. The fraction of sp³-hybridized carbons (Fsp3) is 1.00. The van der Waals surface area contributed by atoms with Gasteiger partial charge in [0.05, 0.1) is 0 Å². The molecule has 0 spiro atoms. The lowest BCUT2D eigenvalue weighted by Gasteiger charge is -2.36. The van der Waals surface area contributed by atoms with Crippen LogP contribution in [0.4, 0.5) is 0 Å². The van der Waals surface area contributed by atoms with E-state index in [0.717, 1.165) is 5.92 Å². The molecule has 90 valence electrons. The second-order valence-electron chi connectivity index (χ2n) is 6.25. The number of hydrogen-bond donors (Lipinski definition) is 1. The van der Waals surface area contributed by atoms with Crippen molar-refractivity contribution in [3.63, 3.8) is 0 Å². The Morgan fingerprint density at radius 1 is 1.33 bits per heavy atom. The van der Waals surface area contributed by atoms with Gasteiger partial charge in [0.25, 0.3) is 0 Å². The van der Waals surface area contributed by atoms with Gasteiger partial charge in [-0.05, 0) is 52.6 Å². The van der Waals surface area contributed by atoms with Crippen LogP contribution in [0.25, 0.3) is 0 Å². The minimum Gasteiger partial charge on any atom is -0.313 e. The molecule has 1 heterocycles. The molecule has 0 aliphatic carbocycles. The van der Waals surface area contributed by atoms with Gasteiger partial charge in [0.1, 0.15) is 0 Å². The van der Waals surface area contributed by atoms with Gasteiger partial charge >= 0.3 is 0 Å². The van der Waals surface area contributed by atoms with Crippen molar-refractivity contribution in [1.29, 1.82) is 0 Å². The number of nitrogens with zero attached hydrogens (tertiary/aromatic N) is 1. The van der Waals surface area contributed by atoms with Gasteiger partial charge in [0.15, 0.2) is 0 Å². The molecule has 1 fully saturated rings. The average Bonchev–Trinajstić information content (AvgIpc) is 2.27. The van der Waals surface area contributed by atoms with E-state index in [1.807, 2.05) is 0 Å². The summed E-state index contributed by atoms with van der Waals surface area (Å²) >= 11 is 0. The number of rotatable bonds is 2. The standard InChI is InChI=1S/C13H28N2/c1-11(2)9-12-10-15(13(3,4)5)8-6-7-14-12/h11-12,14H,6-10H2,1-5H3. The summed E-state index contributed by atoms with van der Waals surface area (Å²) in [4.78, 5) is 2.63. The van der Waals surface area contributed by atoms with Gasteiger partial charge < -0.3 is 5.32 Å². The lowest BCUT2D eigenvalue weighted by Crippen LogP contribution is -2.47. The molecule has 15 heavy (non-hydrogen) atoms. The summed E-state index contributed by atoms with van der Waals surface area (Å²) in [5, 5.41) is 3.67. The molecular formula is C13H28N2. The maximum absolute atomic E-state index is 3.67. The van der Waals surface area contributed by atoms with Crippen molar-refractivity contribution in [2.45, 2.75) is 59.0 Å². The molecule has 1 rings (SSSR count). The lowest BCUT2D eigenvalue weighted by molar-refractivity contribution is 0.130. The predicted molar refractivity (Wildman–Crippen MR) is 67.2 cm³/mol. The van der Waals surface area contributed by atoms with Crippen LogP contribution in [-0.4, -0.2) is 36.1 Å². The highest BCUT2D eigenvalue weighted by Gasteiger charge is 2.26. The lowest BCUT2D eigenvalue weighted by atomic mass is 10.0. The van der Waals surface area contributed by atoms with E-state index in [4.69, 9.17) is 0 Å². The predicted octanol–water partition coefficient (Wildman–Crippen LogP) is 2.49. The van der Waals surface area contributed by atoms with Gasteiger partial charge in [-0.2, -0.15) is 0 Å². The molecule has 1 N–H and O–H groups in total. The highest BCUT2D eigenvalue weighted by Crippen LogP contribution is 2.18. The molecule has 0 aromatic rings. The SMILES string of the molecule is CC(C)CC1CN(C(C)(C)C)CCCN1. The van der Waals surface area contributed by atoms with Crippen LogP contribution in [0.15, 0.2) is 0 Å². The third-order valence-electron chi connectivity index (χ3n) is 3.18. The van der Waals surface area contributed by atoms with Crippen molar-refractivity contribution in [2.75, 3.05) is 19.6 Å². The fourth-order valence-corrected chi connectivity index (χ4v) is 2.33. The Labute approximate surface area is 95.4 Å². The Morgan fingerprint density at radius 2 is 2.00 bits per heavy atom. The normalized spacial score (nSPS) is 25.6. The molecule has 2 nitrogen and oxygen atoms in total. The van der Waals surface area contributed by atoms with E-state index in [1.54, 1.807) is 0 Å². The molecule has 0 amide bonds. The number of hydrogen-bond acceptors (Lipinski definition) is 2. The van der Waals surface area contributed by atoms with E-state index >= 15 is 0 Å². The average molecular weight is 212 g/mol. The van der Waals surface area contributed by atoms with Gasteiger partial charge in [-0.3, -0.25) is 4.90 Å². The van der Waals surface area contributed by atoms with Crippen molar-refractivity contribution >= 4 is 0 Å². The third kappa shape index (κ3) is 4.52. The van der Waals surface area contributed by atoms with E-state index in [0.29, 0.717) is 11.6 Å². The van der Waals surface area contributed by atoms with Crippen LogP contribution in [-0.2, 0) is 0 Å². The molecule has 0 bridgehead atoms. The summed E-state index contributed by atoms with van der Waals surface area (Å²) in [5.41, 5.74) is 0.321. The maximum Gasteiger partial charge on any atom is 0.0197 e. The van der Waals surface area contributed by atoms with Crippen LogP contribution in [0.1, 0.15) is 47.5 Å². The molecule has 2 heteroatoms. The van der Waals surface area contributed by atoms with Crippen LogP contribution in [0.3, 0.4) is 0 Å². The highest BCUT2D eigenvalue weighted by atomic mass is 15.2. The molecule has 1 aliphatic heterocycles. The molecule has 1 aliphatic rings. The molecule has 0 aromatic heterocycles. The Kier molecular flexibility index (Phi) is 4.60. The maximum atomic E-state index is 3.67. The van der Waals surface area contributed by atoms with Gasteiger partial charge in [0, 0.05) is 18.1 Å². The Hall–Kier alpha value is -0.0800. The largest absolute Gasteiger partial charge is 0.313 e. The summed E-state index contributed by atoms with van der Waals surface area (Å²) in [6.45, 7) is 15.2. The van der Waals surface area contributed by atoms with E-state index in [-0.39, 0.29) is 0 Å². The first kappa shape index (κ1) is 13.0. The van der Waals surface area contributed by atoms with Gasteiger partial charge in [-0.25, -0.2) is 0 Å². The van der Waals surface area contributed by atoms with Crippen LogP contribution in [0.2, 0.25) is 0 Å². The van der Waals surface area contributed by atoms with Crippen molar-refractivity contribution in [1.82, 2.24) is 10.2 Å². The minimum atomic E-state index is 0.321. The quantitative estimate of drug-likeness (QED) is 0.756.